The average Bonchev–Trinajstić information content (AvgIpc) is 3.40. The molecule has 9 nitrogen and oxygen atoms in total. The van der Waals surface area contributed by atoms with Crippen LogP contribution in [-0.4, -0.2) is 45.7 Å². The predicted molar refractivity (Wildman–Crippen MR) is 155 cm³/mol. The molecule has 1 atom stereocenters. The van der Waals surface area contributed by atoms with E-state index < -0.39 is 102 Å². The molecule has 18 heteroatoms. The number of aromatic nitrogens is 4. The topological polar surface area (TPSA) is 119 Å². The average molecular weight is 700 g/mol. The van der Waals surface area contributed by atoms with E-state index in [0.717, 1.165) is 24.3 Å². The first-order valence-electron chi connectivity index (χ1n) is 14.4. The molecule has 0 saturated carbocycles. The van der Waals surface area contributed by atoms with E-state index in [4.69, 9.17) is 5.73 Å². The first kappa shape index (κ1) is 35.2. The third-order valence-corrected chi connectivity index (χ3v) is 7.72. The zero-order chi connectivity index (χ0) is 36.0. The second-order valence-corrected chi connectivity index (χ2v) is 11.5. The smallest absolute Gasteiger partial charge is 0.290 e. The van der Waals surface area contributed by atoms with E-state index in [1.54, 1.807) is 14.1 Å². The van der Waals surface area contributed by atoms with Crippen LogP contribution in [0.1, 0.15) is 63.9 Å². The molecule has 2 amide bonds. The minimum atomic E-state index is -4.08. The lowest BCUT2D eigenvalue weighted by Gasteiger charge is -2.29. The first-order chi connectivity index (χ1) is 22.9. The number of alkyl halides is 6. The van der Waals surface area contributed by atoms with Crippen molar-refractivity contribution in [3.8, 4) is 11.1 Å². The van der Waals surface area contributed by atoms with E-state index >= 15 is 0 Å². The molecule has 0 fully saturated rings. The molecule has 2 aromatic heterocycles. The summed E-state index contributed by atoms with van der Waals surface area (Å²) in [7, 11) is 3.10. The molecule has 2 heterocycles. The summed E-state index contributed by atoms with van der Waals surface area (Å²) in [6, 6.07) is 4.24. The highest BCUT2D eigenvalue weighted by Crippen LogP contribution is 2.52. The van der Waals surface area contributed by atoms with Crippen LogP contribution < -0.4 is 16.0 Å². The SMILES string of the molecule is CN(C)c1ncc(-c2ccc(F)c(C(N)=O)c2)c(C(Cc2cc(F)cc(F)c2)NC(=O)Cn2nc(C(F)F)c3c2C(F)(F)CCC3(F)F)n1. The maximum atomic E-state index is 15.0. The van der Waals surface area contributed by atoms with E-state index in [-0.39, 0.29) is 33.0 Å². The van der Waals surface area contributed by atoms with Crippen molar-refractivity contribution in [3.63, 3.8) is 0 Å². The number of halogens is 9. The molecule has 1 aliphatic carbocycles. The van der Waals surface area contributed by atoms with Crippen LogP contribution >= 0.6 is 0 Å². The van der Waals surface area contributed by atoms with Crippen molar-refractivity contribution in [2.75, 3.05) is 19.0 Å². The molecule has 3 N–H and O–H groups in total. The number of amides is 2. The second-order valence-electron chi connectivity index (χ2n) is 11.5. The number of carbonyl (C=O) groups is 2. The van der Waals surface area contributed by atoms with Crippen molar-refractivity contribution in [1.29, 1.82) is 0 Å². The Morgan fingerprint density at radius 1 is 0.980 bits per heavy atom. The Hall–Kier alpha value is -5.16. The summed E-state index contributed by atoms with van der Waals surface area (Å²) in [5, 5.41) is 5.73. The normalized spacial score (nSPS) is 15.5. The number of hydrogen-bond donors (Lipinski definition) is 2. The summed E-state index contributed by atoms with van der Waals surface area (Å²) in [6.45, 7) is -1.25. The van der Waals surface area contributed by atoms with Gasteiger partial charge in [0.15, 0.2) is 0 Å². The molecule has 2 aromatic carbocycles. The van der Waals surface area contributed by atoms with Crippen molar-refractivity contribution in [3.05, 3.63) is 93.8 Å². The zero-order valence-corrected chi connectivity index (χ0v) is 25.6. The van der Waals surface area contributed by atoms with Crippen molar-refractivity contribution < 1.29 is 49.1 Å². The Morgan fingerprint density at radius 3 is 2.24 bits per heavy atom. The highest BCUT2D eigenvalue weighted by molar-refractivity contribution is 5.94. The minimum absolute atomic E-state index is 0.0326. The molecule has 260 valence electrons. The predicted octanol–water partition coefficient (Wildman–Crippen LogP) is 5.94. The van der Waals surface area contributed by atoms with Crippen molar-refractivity contribution >= 4 is 17.8 Å². The molecule has 0 radical (unpaired) electrons. The summed E-state index contributed by atoms with van der Waals surface area (Å²) in [6.07, 6.45) is -5.71. The standard InChI is InChI=1S/C31H26F9N7O2/c1-46(2)29-42-12-19(15-3-4-20(34)18(10-15)28(41)49)24(44-29)21(9-14-7-16(32)11-17(33)8-14)43-22(48)13-47-26-23(25(45-47)27(35)36)30(37,38)5-6-31(26,39)40/h3-4,7-8,10-12,21,27H,5-6,9,13H2,1-2H3,(H2,41,49)(H,43,48). The van der Waals surface area contributed by atoms with Crippen molar-refractivity contribution in [1.82, 2.24) is 25.1 Å². The number of nitrogens with zero attached hydrogens (tertiary/aromatic N) is 5. The summed E-state index contributed by atoms with van der Waals surface area (Å²) >= 11 is 0. The molecule has 0 spiro atoms. The van der Waals surface area contributed by atoms with Gasteiger partial charge in [0.2, 0.25) is 11.9 Å². The van der Waals surface area contributed by atoms with Gasteiger partial charge in [-0.1, -0.05) is 6.07 Å². The van der Waals surface area contributed by atoms with Gasteiger partial charge in [-0.3, -0.25) is 14.3 Å². The lowest BCUT2D eigenvalue weighted by Crippen LogP contribution is -2.37. The number of rotatable bonds is 10. The van der Waals surface area contributed by atoms with Gasteiger partial charge in [-0.05, 0) is 41.8 Å². The Morgan fingerprint density at radius 2 is 1.63 bits per heavy atom. The van der Waals surface area contributed by atoms with Gasteiger partial charge in [-0.15, -0.1) is 0 Å². The lowest BCUT2D eigenvalue weighted by molar-refractivity contribution is -0.123. The van der Waals surface area contributed by atoms with Gasteiger partial charge in [0, 0.05) is 44.8 Å². The first-order valence-corrected chi connectivity index (χ1v) is 14.4. The quantitative estimate of drug-likeness (QED) is 0.198. The third kappa shape index (κ3) is 7.17. The molecule has 0 aliphatic heterocycles. The number of nitrogens with two attached hydrogens (primary N) is 1. The maximum Gasteiger partial charge on any atom is 0.290 e. The monoisotopic (exact) mass is 699 g/mol. The van der Waals surface area contributed by atoms with E-state index in [1.807, 2.05) is 0 Å². The van der Waals surface area contributed by atoms with Gasteiger partial charge in [-0.25, -0.2) is 40.7 Å². The molecule has 1 aliphatic rings. The lowest BCUT2D eigenvalue weighted by atomic mass is 9.89. The summed E-state index contributed by atoms with van der Waals surface area (Å²) in [4.78, 5) is 35.5. The highest BCUT2D eigenvalue weighted by Gasteiger charge is 2.55. The summed E-state index contributed by atoms with van der Waals surface area (Å²) in [5.74, 6) is -13.4. The molecule has 49 heavy (non-hydrogen) atoms. The van der Waals surface area contributed by atoms with Gasteiger partial charge in [-0.2, -0.15) is 13.9 Å². The van der Waals surface area contributed by atoms with Gasteiger partial charge in [0.25, 0.3) is 24.2 Å². The number of primary amides is 1. The molecular weight excluding hydrogens is 673 g/mol. The maximum absolute atomic E-state index is 15.0. The van der Waals surface area contributed by atoms with Crippen LogP contribution in [-0.2, 0) is 29.6 Å². The summed E-state index contributed by atoms with van der Waals surface area (Å²) in [5.41, 5.74) is -0.00828. The van der Waals surface area contributed by atoms with Crippen LogP contribution in [0, 0.1) is 17.5 Å². The molecule has 1 unspecified atom stereocenters. The van der Waals surface area contributed by atoms with Crippen molar-refractivity contribution in [2.24, 2.45) is 5.73 Å². The van der Waals surface area contributed by atoms with Gasteiger partial charge in [0.05, 0.1) is 22.9 Å². The number of carbonyl (C=O) groups excluding carboxylic acids is 2. The number of anilines is 1. The fraction of sp³-hybridized carbons (Fsp3) is 0.323. The molecule has 5 rings (SSSR count). The zero-order valence-electron chi connectivity index (χ0n) is 25.6. The van der Waals surface area contributed by atoms with Crippen LogP contribution in [0.2, 0.25) is 0 Å². The highest BCUT2D eigenvalue weighted by atomic mass is 19.3. The van der Waals surface area contributed by atoms with Crippen LogP contribution in [0.3, 0.4) is 0 Å². The Balaban J connectivity index is 1.63. The number of hydrogen-bond acceptors (Lipinski definition) is 6. The Labute approximate surface area is 271 Å². The third-order valence-electron chi connectivity index (χ3n) is 7.72. The molecular formula is C31H26F9N7O2. The fourth-order valence-electron chi connectivity index (χ4n) is 5.56. The second kappa shape index (κ2) is 13.0. The van der Waals surface area contributed by atoms with Crippen molar-refractivity contribution in [2.45, 2.75) is 50.1 Å². The molecule has 0 bridgehead atoms. The molecule has 4 aromatic rings. The number of nitrogens with one attached hydrogen (secondary N) is 1. The fourth-order valence-corrected chi connectivity index (χ4v) is 5.56. The van der Waals surface area contributed by atoms with Gasteiger partial charge < -0.3 is 16.0 Å². The Bertz CT molecular complexity index is 1910. The van der Waals surface area contributed by atoms with Crippen LogP contribution in [0.15, 0.2) is 42.6 Å². The number of fused-ring (bicyclic) bond motifs is 1. The van der Waals surface area contributed by atoms with E-state index in [9.17, 15) is 49.1 Å². The van der Waals surface area contributed by atoms with Crippen LogP contribution in [0.5, 0.6) is 0 Å². The van der Waals surface area contributed by atoms with E-state index in [0.29, 0.717) is 6.07 Å². The van der Waals surface area contributed by atoms with E-state index in [1.165, 1.54) is 17.2 Å². The number of benzene rings is 2. The van der Waals surface area contributed by atoms with E-state index in [2.05, 4.69) is 20.4 Å². The van der Waals surface area contributed by atoms with Gasteiger partial charge in [0.1, 0.15) is 35.4 Å². The van der Waals surface area contributed by atoms with Gasteiger partial charge >= 0.3 is 0 Å². The van der Waals surface area contributed by atoms with Crippen LogP contribution in [0.4, 0.5) is 45.5 Å². The van der Waals surface area contributed by atoms with Crippen LogP contribution in [0.25, 0.3) is 11.1 Å². The summed E-state index contributed by atoms with van der Waals surface area (Å²) < 4.78 is 130. The Kier molecular flexibility index (Phi) is 9.35. The minimum Gasteiger partial charge on any atom is -0.366 e. The largest absolute Gasteiger partial charge is 0.366 e. The molecule has 0 saturated heterocycles.